The average molecular weight is 570 g/mol. The Morgan fingerprint density at radius 2 is 1.70 bits per heavy atom. The van der Waals surface area contributed by atoms with E-state index < -0.39 is 34.3 Å². The minimum atomic E-state index is -4.34. The topological polar surface area (TPSA) is 105 Å². The van der Waals surface area contributed by atoms with E-state index >= 15 is 0 Å². The van der Waals surface area contributed by atoms with Gasteiger partial charge in [-0.15, -0.1) is 0 Å². The van der Waals surface area contributed by atoms with Gasteiger partial charge in [-0.05, 0) is 55.3 Å². The summed E-state index contributed by atoms with van der Waals surface area (Å²) in [5.41, 5.74) is 1.86. The number of amides is 2. The molecule has 0 aliphatic carbocycles. The van der Waals surface area contributed by atoms with Crippen LogP contribution in [0.1, 0.15) is 24.5 Å². The molecule has 0 saturated carbocycles. The number of hydrogen-bond acceptors (Lipinski definition) is 6. The molecule has 4 rings (SSSR count). The molecule has 0 radical (unpaired) electrons. The fraction of sp³-hybridized carbons (Fsp3) is 0.310. The molecule has 1 aliphatic rings. The number of ether oxygens (including phenoxy) is 2. The van der Waals surface area contributed by atoms with E-state index in [4.69, 9.17) is 9.47 Å². The second-order valence-electron chi connectivity index (χ2n) is 9.34. The van der Waals surface area contributed by atoms with Crippen LogP contribution in [-0.2, 0) is 26.2 Å². The lowest BCUT2D eigenvalue weighted by Gasteiger charge is -2.33. The number of aryl methyl sites for hydroxylation is 1. The number of fused-ring (bicyclic) bond motifs is 1. The molecule has 0 fully saturated rings. The van der Waals surface area contributed by atoms with E-state index in [0.29, 0.717) is 18.8 Å². The number of carbonyl (C=O) groups is 2. The second kappa shape index (κ2) is 12.4. The lowest BCUT2D eigenvalue weighted by Crippen LogP contribution is -2.51. The Labute approximate surface area is 233 Å². The third-order valence-electron chi connectivity index (χ3n) is 6.56. The maximum Gasteiger partial charge on any atom is 0.264 e. The summed E-state index contributed by atoms with van der Waals surface area (Å²) in [4.78, 5) is 28.0. The molecule has 2 amide bonds. The zero-order valence-electron chi connectivity index (χ0n) is 22.6. The van der Waals surface area contributed by atoms with Gasteiger partial charge in [0.15, 0.2) is 11.5 Å². The lowest BCUT2D eigenvalue weighted by atomic mass is 10.1. The zero-order chi connectivity index (χ0) is 28.9. The Kier molecular flexibility index (Phi) is 8.93. The highest BCUT2D eigenvalue weighted by molar-refractivity contribution is 7.92. The van der Waals surface area contributed by atoms with Crippen LogP contribution in [-0.4, -0.2) is 58.0 Å². The van der Waals surface area contributed by atoms with E-state index in [1.54, 1.807) is 6.92 Å². The molecule has 3 aromatic rings. The van der Waals surface area contributed by atoms with Gasteiger partial charge in [0.25, 0.3) is 10.0 Å². The van der Waals surface area contributed by atoms with Crippen LogP contribution in [0.5, 0.6) is 11.5 Å². The van der Waals surface area contributed by atoms with Crippen LogP contribution >= 0.6 is 0 Å². The van der Waals surface area contributed by atoms with Crippen LogP contribution in [0.4, 0.5) is 10.1 Å². The van der Waals surface area contributed by atoms with E-state index in [0.717, 1.165) is 27.6 Å². The number of rotatable bonds is 10. The van der Waals surface area contributed by atoms with Crippen molar-refractivity contribution in [2.24, 2.45) is 0 Å². The fourth-order valence-corrected chi connectivity index (χ4v) is 5.97. The first kappa shape index (κ1) is 28.9. The Hall–Kier alpha value is -4.12. The van der Waals surface area contributed by atoms with Crippen molar-refractivity contribution in [1.82, 2.24) is 10.2 Å². The predicted octanol–water partition coefficient (Wildman–Crippen LogP) is 3.65. The number of nitrogens with one attached hydrogen (secondary N) is 1. The SMILES string of the molecule is CCC(C(=O)NC)N(Cc1cccc(C)c1)C(=O)CN(c1ccc(F)cc1)S(=O)(=O)c1ccc2c(c1)OCCO2. The molecule has 0 bridgehead atoms. The molecular formula is C29H32FN3O6S. The van der Waals surface area contributed by atoms with Crippen molar-refractivity contribution in [2.75, 3.05) is 31.1 Å². The molecule has 0 saturated heterocycles. The number of nitrogens with zero attached hydrogens (tertiary/aromatic N) is 2. The minimum absolute atomic E-state index is 0.0909. The summed E-state index contributed by atoms with van der Waals surface area (Å²) in [5, 5.41) is 2.59. The van der Waals surface area contributed by atoms with E-state index in [1.165, 1.54) is 42.3 Å². The molecule has 1 N–H and O–H groups in total. The van der Waals surface area contributed by atoms with E-state index in [2.05, 4.69) is 5.32 Å². The fourth-order valence-electron chi connectivity index (χ4n) is 4.54. The Bertz CT molecular complexity index is 1480. The largest absolute Gasteiger partial charge is 0.486 e. The van der Waals surface area contributed by atoms with Gasteiger partial charge in [-0.1, -0.05) is 36.8 Å². The summed E-state index contributed by atoms with van der Waals surface area (Å²) < 4.78 is 53.7. The van der Waals surface area contributed by atoms with Crippen molar-refractivity contribution in [3.8, 4) is 11.5 Å². The summed E-state index contributed by atoms with van der Waals surface area (Å²) >= 11 is 0. The van der Waals surface area contributed by atoms with Gasteiger partial charge in [0.2, 0.25) is 11.8 Å². The first-order valence-corrected chi connectivity index (χ1v) is 14.3. The molecule has 0 aromatic heterocycles. The number of carbonyl (C=O) groups excluding carboxylic acids is 2. The molecule has 1 aliphatic heterocycles. The van der Waals surface area contributed by atoms with Crippen molar-refractivity contribution >= 4 is 27.5 Å². The summed E-state index contributed by atoms with van der Waals surface area (Å²) in [6.07, 6.45) is 0.308. The molecule has 9 nitrogen and oxygen atoms in total. The van der Waals surface area contributed by atoms with Crippen molar-refractivity contribution in [2.45, 2.75) is 37.8 Å². The summed E-state index contributed by atoms with van der Waals surface area (Å²) in [6, 6.07) is 15.7. The number of anilines is 1. The van der Waals surface area contributed by atoms with Gasteiger partial charge in [0.05, 0.1) is 10.6 Å². The lowest BCUT2D eigenvalue weighted by molar-refractivity contribution is -0.140. The maximum atomic E-state index is 14.0. The van der Waals surface area contributed by atoms with Crippen molar-refractivity contribution < 1.29 is 31.9 Å². The third kappa shape index (κ3) is 6.36. The number of hydrogen-bond donors (Lipinski definition) is 1. The first-order chi connectivity index (χ1) is 19.1. The van der Waals surface area contributed by atoms with Gasteiger partial charge in [-0.2, -0.15) is 0 Å². The summed E-state index contributed by atoms with van der Waals surface area (Å²) in [7, 11) is -2.86. The van der Waals surface area contributed by atoms with Crippen LogP contribution in [0.2, 0.25) is 0 Å². The molecular weight excluding hydrogens is 537 g/mol. The predicted molar refractivity (Wildman–Crippen MR) is 148 cm³/mol. The molecule has 0 spiro atoms. The maximum absolute atomic E-state index is 14.0. The quantitative estimate of drug-likeness (QED) is 0.400. The minimum Gasteiger partial charge on any atom is -0.486 e. The molecule has 212 valence electrons. The highest BCUT2D eigenvalue weighted by Gasteiger charge is 2.34. The van der Waals surface area contributed by atoms with Gasteiger partial charge in [-0.25, -0.2) is 12.8 Å². The molecule has 11 heteroatoms. The Morgan fingerprint density at radius 3 is 2.35 bits per heavy atom. The monoisotopic (exact) mass is 569 g/mol. The highest BCUT2D eigenvalue weighted by Crippen LogP contribution is 2.34. The van der Waals surface area contributed by atoms with E-state index in [9.17, 15) is 22.4 Å². The Balaban J connectivity index is 1.74. The van der Waals surface area contributed by atoms with E-state index in [1.807, 2.05) is 31.2 Å². The molecule has 3 aromatic carbocycles. The standard InChI is InChI=1S/C29H32FN3O6S/c1-4-25(29(35)31-3)32(18-21-7-5-6-20(2)16-21)28(34)19-33(23-10-8-22(30)9-11-23)40(36,37)24-12-13-26-27(17-24)39-15-14-38-26/h5-13,16-17,25H,4,14-15,18-19H2,1-3H3,(H,31,35). The van der Waals surface area contributed by atoms with Gasteiger partial charge in [0.1, 0.15) is 31.6 Å². The highest BCUT2D eigenvalue weighted by atomic mass is 32.2. The zero-order valence-corrected chi connectivity index (χ0v) is 23.4. The van der Waals surface area contributed by atoms with Crippen LogP contribution in [0.15, 0.2) is 71.6 Å². The van der Waals surface area contributed by atoms with Gasteiger partial charge >= 0.3 is 0 Å². The van der Waals surface area contributed by atoms with Crippen molar-refractivity contribution in [3.05, 3.63) is 83.7 Å². The van der Waals surface area contributed by atoms with Crippen molar-refractivity contribution in [3.63, 3.8) is 0 Å². The summed E-state index contributed by atoms with van der Waals surface area (Å²) in [6.45, 7) is 3.77. The molecule has 1 heterocycles. The molecule has 1 unspecified atom stereocenters. The van der Waals surface area contributed by atoms with Crippen LogP contribution < -0.4 is 19.1 Å². The smallest absolute Gasteiger partial charge is 0.264 e. The van der Waals surface area contributed by atoms with Crippen LogP contribution in [0.3, 0.4) is 0 Å². The number of halogens is 1. The normalized spacial score (nSPS) is 13.3. The number of sulfonamides is 1. The summed E-state index contributed by atoms with van der Waals surface area (Å²) in [5.74, 6) is -0.841. The number of likely N-dealkylation sites (N-methyl/N-ethyl adjacent to an activating group) is 1. The van der Waals surface area contributed by atoms with Crippen molar-refractivity contribution in [1.29, 1.82) is 0 Å². The van der Waals surface area contributed by atoms with Gasteiger partial charge < -0.3 is 19.7 Å². The average Bonchev–Trinajstić information content (AvgIpc) is 2.95. The molecule has 40 heavy (non-hydrogen) atoms. The van der Waals surface area contributed by atoms with Crippen LogP contribution in [0, 0.1) is 12.7 Å². The van der Waals surface area contributed by atoms with E-state index in [-0.39, 0.29) is 35.4 Å². The Morgan fingerprint density at radius 1 is 1.00 bits per heavy atom. The third-order valence-corrected chi connectivity index (χ3v) is 8.33. The first-order valence-electron chi connectivity index (χ1n) is 12.9. The van der Waals surface area contributed by atoms with Crippen LogP contribution in [0.25, 0.3) is 0 Å². The number of benzene rings is 3. The van der Waals surface area contributed by atoms with Gasteiger partial charge in [-0.3, -0.25) is 13.9 Å². The second-order valence-corrected chi connectivity index (χ2v) is 11.2. The van der Waals surface area contributed by atoms with Gasteiger partial charge in [0, 0.05) is 19.7 Å². The molecule has 1 atom stereocenters.